The van der Waals surface area contributed by atoms with E-state index in [2.05, 4.69) is 15.3 Å². The first-order valence-corrected chi connectivity index (χ1v) is 7.67. The van der Waals surface area contributed by atoms with Crippen LogP contribution in [0.25, 0.3) is 11.4 Å². The molecule has 0 atom stereocenters. The summed E-state index contributed by atoms with van der Waals surface area (Å²) in [5, 5.41) is 14.3. The van der Waals surface area contributed by atoms with Crippen LogP contribution >= 0.6 is 11.6 Å². The second kappa shape index (κ2) is 7.23. The summed E-state index contributed by atoms with van der Waals surface area (Å²) in [6.45, 7) is 0.202. The number of benzene rings is 2. The van der Waals surface area contributed by atoms with Crippen LogP contribution in [0.1, 0.15) is 5.56 Å². The predicted molar refractivity (Wildman–Crippen MR) is 92.9 cm³/mol. The summed E-state index contributed by atoms with van der Waals surface area (Å²) in [5.41, 5.74) is 1.15. The zero-order chi connectivity index (χ0) is 17.8. The third-order valence-electron chi connectivity index (χ3n) is 3.45. The van der Waals surface area contributed by atoms with Gasteiger partial charge in [-0.05, 0) is 24.3 Å². The summed E-state index contributed by atoms with van der Waals surface area (Å²) in [4.78, 5) is 19.1. The molecule has 6 nitrogen and oxygen atoms in total. The maximum absolute atomic E-state index is 13.0. The van der Waals surface area contributed by atoms with Gasteiger partial charge >= 0.3 is 0 Å². The van der Waals surface area contributed by atoms with E-state index in [4.69, 9.17) is 11.6 Å². The zero-order valence-corrected chi connectivity index (χ0v) is 13.6. The SMILES string of the molecule is O=[N+]([O-])c1ccccc1CNc1cc(Cl)nc(-c2ccc(F)cc2)n1. The number of hydrogen-bond acceptors (Lipinski definition) is 5. The molecule has 0 aliphatic rings. The molecule has 0 bridgehead atoms. The second-order valence-corrected chi connectivity index (χ2v) is 5.53. The van der Waals surface area contributed by atoms with Gasteiger partial charge in [-0.2, -0.15) is 0 Å². The summed E-state index contributed by atoms with van der Waals surface area (Å²) in [7, 11) is 0. The van der Waals surface area contributed by atoms with Gasteiger partial charge in [0.2, 0.25) is 0 Å². The fraction of sp³-hybridized carbons (Fsp3) is 0.0588. The lowest BCUT2D eigenvalue weighted by atomic mass is 10.2. The average Bonchev–Trinajstić information content (AvgIpc) is 2.60. The lowest BCUT2D eigenvalue weighted by molar-refractivity contribution is -0.385. The van der Waals surface area contributed by atoms with Crippen molar-refractivity contribution < 1.29 is 9.31 Å². The lowest BCUT2D eigenvalue weighted by Crippen LogP contribution is -2.05. The van der Waals surface area contributed by atoms with E-state index in [1.165, 1.54) is 24.3 Å². The van der Waals surface area contributed by atoms with E-state index in [1.807, 2.05) is 0 Å². The Balaban J connectivity index is 1.84. The van der Waals surface area contributed by atoms with Crippen LogP contribution in [0.5, 0.6) is 0 Å². The molecule has 1 aromatic heterocycles. The monoisotopic (exact) mass is 358 g/mol. The number of hydrogen-bond donors (Lipinski definition) is 1. The summed E-state index contributed by atoms with van der Waals surface area (Å²) in [6, 6.07) is 13.7. The van der Waals surface area contributed by atoms with E-state index >= 15 is 0 Å². The summed E-state index contributed by atoms with van der Waals surface area (Å²) in [5.74, 6) is 0.385. The normalized spacial score (nSPS) is 10.5. The van der Waals surface area contributed by atoms with E-state index in [0.29, 0.717) is 22.8 Å². The van der Waals surface area contributed by atoms with E-state index in [-0.39, 0.29) is 23.2 Å². The van der Waals surface area contributed by atoms with Crippen LogP contribution in [0.2, 0.25) is 5.15 Å². The molecule has 2 aromatic carbocycles. The average molecular weight is 359 g/mol. The van der Waals surface area contributed by atoms with Crippen LogP contribution < -0.4 is 5.32 Å². The highest BCUT2D eigenvalue weighted by atomic mass is 35.5. The fourth-order valence-corrected chi connectivity index (χ4v) is 2.44. The van der Waals surface area contributed by atoms with E-state index < -0.39 is 4.92 Å². The van der Waals surface area contributed by atoms with Crippen molar-refractivity contribution in [3.05, 3.63) is 81.2 Å². The minimum Gasteiger partial charge on any atom is -0.366 e. The highest BCUT2D eigenvalue weighted by molar-refractivity contribution is 6.29. The van der Waals surface area contributed by atoms with Gasteiger partial charge in [0.15, 0.2) is 5.82 Å². The Labute approximate surface area is 147 Å². The summed E-state index contributed by atoms with van der Waals surface area (Å²) >= 11 is 6.02. The van der Waals surface area contributed by atoms with E-state index in [9.17, 15) is 14.5 Å². The third kappa shape index (κ3) is 4.07. The van der Waals surface area contributed by atoms with Crippen LogP contribution in [0.15, 0.2) is 54.6 Å². The zero-order valence-electron chi connectivity index (χ0n) is 12.8. The standard InChI is InChI=1S/C17H12ClFN4O2/c18-15-9-16(20-10-12-3-1-2-4-14(12)23(24)25)22-17(21-15)11-5-7-13(19)8-6-11/h1-9H,10H2,(H,20,21,22). The molecule has 1 heterocycles. The van der Waals surface area contributed by atoms with Crippen molar-refractivity contribution in [3.63, 3.8) is 0 Å². The predicted octanol–water partition coefficient (Wildman–Crippen LogP) is 4.46. The number of para-hydroxylation sites is 1. The highest BCUT2D eigenvalue weighted by Gasteiger charge is 2.13. The van der Waals surface area contributed by atoms with Crippen molar-refractivity contribution in [1.82, 2.24) is 9.97 Å². The first kappa shape index (κ1) is 16.8. The first-order chi connectivity index (χ1) is 12.0. The molecule has 0 aliphatic carbocycles. The Morgan fingerprint density at radius 1 is 1.12 bits per heavy atom. The largest absolute Gasteiger partial charge is 0.366 e. The van der Waals surface area contributed by atoms with Crippen molar-refractivity contribution in [2.45, 2.75) is 6.54 Å². The molecule has 3 aromatic rings. The number of nitrogens with one attached hydrogen (secondary N) is 1. The van der Waals surface area contributed by atoms with Gasteiger partial charge in [0.25, 0.3) is 5.69 Å². The Morgan fingerprint density at radius 3 is 2.56 bits per heavy atom. The molecule has 0 unspecified atom stereocenters. The number of nitrogens with zero attached hydrogens (tertiary/aromatic N) is 3. The van der Waals surface area contributed by atoms with Crippen molar-refractivity contribution in [2.24, 2.45) is 0 Å². The van der Waals surface area contributed by atoms with Crippen LogP contribution in [0.4, 0.5) is 15.9 Å². The first-order valence-electron chi connectivity index (χ1n) is 7.29. The van der Waals surface area contributed by atoms with Crippen LogP contribution in [0.3, 0.4) is 0 Å². The van der Waals surface area contributed by atoms with Gasteiger partial charge in [-0.25, -0.2) is 14.4 Å². The Bertz CT molecular complexity index is 919. The quantitative estimate of drug-likeness (QED) is 0.414. The molecular weight excluding hydrogens is 347 g/mol. The molecule has 126 valence electrons. The fourth-order valence-electron chi connectivity index (χ4n) is 2.26. The van der Waals surface area contributed by atoms with Gasteiger partial charge < -0.3 is 5.32 Å². The van der Waals surface area contributed by atoms with Crippen molar-refractivity contribution in [1.29, 1.82) is 0 Å². The minimum atomic E-state index is -0.437. The van der Waals surface area contributed by atoms with Gasteiger partial charge in [0.1, 0.15) is 16.8 Å². The Kier molecular flexibility index (Phi) is 4.85. The smallest absolute Gasteiger partial charge is 0.274 e. The number of anilines is 1. The Morgan fingerprint density at radius 2 is 1.84 bits per heavy atom. The highest BCUT2D eigenvalue weighted by Crippen LogP contribution is 2.22. The maximum Gasteiger partial charge on any atom is 0.274 e. The number of halogens is 2. The summed E-state index contributed by atoms with van der Waals surface area (Å²) in [6.07, 6.45) is 0. The minimum absolute atomic E-state index is 0.0221. The molecule has 0 saturated carbocycles. The molecule has 0 radical (unpaired) electrons. The van der Waals surface area contributed by atoms with E-state index in [1.54, 1.807) is 30.3 Å². The van der Waals surface area contributed by atoms with E-state index in [0.717, 1.165) is 0 Å². The molecule has 0 amide bonds. The number of aromatic nitrogens is 2. The molecular formula is C17H12ClFN4O2. The maximum atomic E-state index is 13.0. The molecule has 0 aliphatic heterocycles. The Hall–Kier alpha value is -3.06. The van der Waals surface area contributed by atoms with Gasteiger partial charge in [-0.15, -0.1) is 0 Å². The molecule has 25 heavy (non-hydrogen) atoms. The van der Waals surface area contributed by atoms with Crippen LogP contribution in [-0.2, 0) is 6.54 Å². The lowest BCUT2D eigenvalue weighted by Gasteiger charge is -2.08. The van der Waals surface area contributed by atoms with Gasteiger partial charge in [-0.1, -0.05) is 29.8 Å². The molecule has 0 spiro atoms. The van der Waals surface area contributed by atoms with Crippen molar-refractivity contribution >= 4 is 23.1 Å². The van der Waals surface area contributed by atoms with Gasteiger partial charge in [-0.3, -0.25) is 10.1 Å². The van der Waals surface area contributed by atoms with Crippen LogP contribution in [0, 0.1) is 15.9 Å². The van der Waals surface area contributed by atoms with Crippen molar-refractivity contribution in [2.75, 3.05) is 5.32 Å². The molecule has 0 saturated heterocycles. The van der Waals surface area contributed by atoms with Crippen LogP contribution in [-0.4, -0.2) is 14.9 Å². The molecule has 8 heteroatoms. The topological polar surface area (TPSA) is 81.0 Å². The number of nitro groups is 1. The van der Waals surface area contributed by atoms with Gasteiger partial charge in [0.05, 0.1) is 4.92 Å². The molecule has 3 rings (SSSR count). The second-order valence-electron chi connectivity index (χ2n) is 5.15. The number of rotatable bonds is 5. The molecule has 1 N–H and O–H groups in total. The van der Waals surface area contributed by atoms with Crippen molar-refractivity contribution in [3.8, 4) is 11.4 Å². The summed E-state index contributed by atoms with van der Waals surface area (Å²) < 4.78 is 13.0. The molecule has 0 fully saturated rings. The number of nitro benzene ring substituents is 1. The third-order valence-corrected chi connectivity index (χ3v) is 3.64. The van der Waals surface area contributed by atoms with Gasteiger partial charge in [0, 0.05) is 29.8 Å².